The Hall–Kier alpha value is -0.600. The van der Waals surface area contributed by atoms with E-state index in [0.717, 1.165) is 17.0 Å². The molecule has 2 aromatic heterocycles. The maximum Gasteiger partial charge on any atom is 0.242 e. The van der Waals surface area contributed by atoms with Crippen LogP contribution in [0.25, 0.3) is 0 Å². The van der Waals surface area contributed by atoms with Crippen LogP contribution in [-0.4, -0.2) is 24.9 Å². The third-order valence-electron chi connectivity index (χ3n) is 2.16. The van der Waals surface area contributed by atoms with Gasteiger partial charge in [-0.05, 0) is 6.07 Å². The molecule has 0 unspecified atom stereocenters. The minimum Gasteiger partial charge on any atom is -0.348 e. The number of thiophene rings is 1. The first-order valence-corrected chi connectivity index (χ1v) is 7.96. The van der Waals surface area contributed by atoms with Gasteiger partial charge in [0.1, 0.15) is 9.23 Å². The van der Waals surface area contributed by atoms with E-state index in [1.807, 2.05) is 0 Å². The van der Waals surface area contributed by atoms with Crippen molar-refractivity contribution in [1.29, 1.82) is 0 Å². The number of halogens is 2. The Morgan fingerprint density at radius 1 is 1.44 bits per heavy atom. The van der Waals surface area contributed by atoms with Gasteiger partial charge in [0.2, 0.25) is 10.0 Å². The summed E-state index contributed by atoms with van der Waals surface area (Å²) in [4.78, 5) is 6.75. The number of hydrogen-bond acceptors (Lipinski definition) is 4. The van der Waals surface area contributed by atoms with Crippen molar-refractivity contribution in [1.82, 2.24) is 14.7 Å². The molecule has 0 aromatic carbocycles. The Morgan fingerprint density at radius 3 is 2.78 bits per heavy atom. The van der Waals surface area contributed by atoms with E-state index in [1.165, 1.54) is 6.07 Å². The van der Waals surface area contributed by atoms with Gasteiger partial charge in [0.25, 0.3) is 0 Å². The Balaban J connectivity index is 2.02. The van der Waals surface area contributed by atoms with Crippen molar-refractivity contribution in [2.45, 2.75) is 11.3 Å². The zero-order valence-electron chi connectivity index (χ0n) is 8.98. The van der Waals surface area contributed by atoms with Gasteiger partial charge >= 0.3 is 0 Å². The second-order valence-corrected chi connectivity index (χ2v) is 7.43. The van der Waals surface area contributed by atoms with E-state index in [1.54, 1.807) is 12.5 Å². The van der Waals surface area contributed by atoms with Crippen LogP contribution in [-0.2, 0) is 16.4 Å². The Labute approximate surface area is 118 Å². The smallest absolute Gasteiger partial charge is 0.242 e. The van der Waals surface area contributed by atoms with E-state index in [9.17, 15) is 8.42 Å². The van der Waals surface area contributed by atoms with Crippen molar-refractivity contribution < 1.29 is 8.42 Å². The summed E-state index contributed by atoms with van der Waals surface area (Å²) >= 11 is 12.5. The number of nitrogens with zero attached hydrogens (tertiary/aromatic N) is 1. The summed E-state index contributed by atoms with van der Waals surface area (Å²) in [6, 6.07) is 1.34. The summed E-state index contributed by atoms with van der Waals surface area (Å²) in [6.07, 6.45) is 3.71. The second-order valence-electron chi connectivity index (χ2n) is 3.41. The van der Waals surface area contributed by atoms with Gasteiger partial charge in [0.05, 0.1) is 10.7 Å². The summed E-state index contributed by atoms with van der Waals surface area (Å²) in [7, 11) is -3.61. The molecule has 2 rings (SSSR count). The van der Waals surface area contributed by atoms with Gasteiger partial charge in [0, 0.05) is 24.9 Å². The van der Waals surface area contributed by atoms with Crippen molar-refractivity contribution in [3.63, 3.8) is 0 Å². The molecule has 9 heteroatoms. The first kappa shape index (κ1) is 13.8. The lowest BCUT2D eigenvalue weighted by Gasteiger charge is -2.04. The minimum absolute atomic E-state index is 0.0174. The Bertz CT molecular complexity index is 622. The van der Waals surface area contributed by atoms with Crippen molar-refractivity contribution in [2.24, 2.45) is 0 Å². The van der Waals surface area contributed by atoms with Crippen LogP contribution in [0.15, 0.2) is 23.5 Å². The van der Waals surface area contributed by atoms with Crippen LogP contribution in [0.4, 0.5) is 0 Å². The Morgan fingerprint density at radius 2 is 2.22 bits per heavy atom. The lowest BCUT2D eigenvalue weighted by Crippen LogP contribution is -2.25. The molecule has 0 bridgehead atoms. The number of nitrogens with one attached hydrogen (secondary N) is 2. The van der Waals surface area contributed by atoms with E-state index in [2.05, 4.69) is 14.7 Å². The topological polar surface area (TPSA) is 74.8 Å². The predicted octanol–water partition coefficient (Wildman–Crippen LogP) is 2.30. The number of rotatable bonds is 5. The molecule has 0 atom stereocenters. The molecule has 0 amide bonds. The molecule has 2 aromatic rings. The standard InChI is InChI=1S/C9H9Cl2N3O2S2/c10-8-3-7(9(11)17-8)18(15,16)14-2-1-6-4-12-5-13-6/h3-5,14H,1-2H2,(H,12,13). The van der Waals surface area contributed by atoms with Gasteiger partial charge in [-0.1, -0.05) is 23.2 Å². The molecular formula is C9H9Cl2N3O2S2. The molecule has 0 saturated heterocycles. The van der Waals surface area contributed by atoms with E-state index < -0.39 is 10.0 Å². The van der Waals surface area contributed by atoms with Crippen LogP contribution in [0.3, 0.4) is 0 Å². The van der Waals surface area contributed by atoms with E-state index in [4.69, 9.17) is 23.2 Å². The number of aromatic nitrogens is 2. The molecule has 98 valence electrons. The van der Waals surface area contributed by atoms with Gasteiger partial charge in [-0.3, -0.25) is 0 Å². The largest absolute Gasteiger partial charge is 0.348 e. The van der Waals surface area contributed by atoms with Crippen LogP contribution >= 0.6 is 34.5 Å². The molecule has 5 nitrogen and oxygen atoms in total. The van der Waals surface area contributed by atoms with Crippen LogP contribution < -0.4 is 4.72 Å². The van der Waals surface area contributed by atoms with E-state index in [-0.39, 0.29) is 15.8 Å². The minimum atomic E-state index is -3.61. The van der Waals surface area contributed by atoms with Crippen LogP contribution in [0, 0.1) is 0 Å². The second kappa shape index (κ2) is 5.58. The molecule has 0 saturated carbocycles. The molecule has 2 heterocycles. The zero-order valence-corrected chi connectivity index (χ0v) is 12.1. The average Bonchev–Trinajstić information content (AvgIpc) is 2.88. The molecule has 0 radical (unpaired) electrons. The van der Waals surface area contributed by atoms with E-state index in [0.29, 0.717) is 10.8 Å². The van der Waals surface area contributed by atoms with Gasteiger partial charge in [0.15, 0.2) is 0 Å². The van der Waals surface area contributed by atoms with Gasteiger partial charge in [-0.25, -0.2) is 18.1 Å². The van der Waals surface area contributed by atoms with Gasteiger partial charge in [-0.15, -0.1) is 11.3 Å². The van der Waals surface area contributed by atoms with E-state index >= 15 is 0 Å². The maximum atomic E-state index is 11.9. The highest BCUT2D eigenvalue weighted by Gasteiger charge is 2.20. The first-order valence-electron chi connectivity index (χ1n) is 4.91. The number of hydrogen-bond donors (Lipinski definition) is 2. The SMILES string of the molecule is O=S(=O)(NCCc1cnc[nH]1)c1cc(Cl)sc1Cl. The van der Waals surface area contributed by atoms with Crippen LogP contribution in [0.2, 0.25) is 8.67 Å². The summed E-state index contributed by atoms with van der Waals surface area (Å²) in [5, 5.41) is 0. The van der Waals surface area contributed by atoms with Crippen molar-refractivity contribution in [3.8, 4) is 0 Å². The predicted molar refractivity (Wildman–Crippen MR) is 71.8 cm³/mol. The summed E-state index contributed by atoms with van der Waals surface area (Å²) in [5.74, 6) is 0. The average molecular weight is 326 g/mol. The molecule has 0 fully saturated rings. The number of H-pyrrole nitrogens is 1. The number of imidazole rings is 1. The molecule has 0 aliphatic rings. The Kier molecular flexibility index (Phi) is 4.29. The lowest BCUT2D eigenvalue weighted by atomic mass is 10.3. The number of aromatic amines is 1. The highest BCUT2D eigenvalue weighted by molar-refractivity contribution is 7.89. The highest BCUT2D eigenvalue weighted by atomic mass is 35.5. The van der Waals surface area contributed by atoms with Crippen molar-refractivity contribution in [2.75, 3.05) is 6.54 Å². The normalized spacial score (nSPS) is 11.9. The molecule has 2 N–H and O–H groups in total. The van der Waals surface area contributed by atoms with Gasteiger partial charge in [-0.2, -0.15) is 0 Å². The van der Waals surface area contributed by atoms with Crippen LogP contribution in [0.1, 0.15) is 5.69 Å². The van der Waals surface area contributed by atoms with Crippen molar-refractivity contribution in [3.05, 3.63) is 33.0 Å². The van der Waals surface area contributed by atoms with Crippen molar-refractivity contribution >= 4 is 44.6 Å². The fourth-order valence-corrected chi connectivity index (χ4v) is 4.51. The first-order chi connectivity index (χ1) is 8.49. The monoisotopic (exact) mass is 325 g/mol. The van der Waals surface area contributed by atoms with Gasteiger partial charge < -0.3 is 4.98 Å². The third-order valence-corrected chi connectivity index (χ3v) is 5.37. The summed E-state index contributed by atoms with van der Waals surface area (Å²) in [5.41, 5.74) is 0.854. The fourth-order valence-electron chi connectivity index (χ4n) is 1.33. The molecule has 18 heavy (non-hydrogen) atoms. The molecule has 0 aliphatic carbocycles. The zero-order chi connectivity index (χ0) is 13.2. The van der Waals surface area contributed by atoms with Crippen LogP contribution in [0.5, 0.6) is 0 Å². The molecule has 0 aliphatic heterocycles. The third kappa shape index (κ3) is 3.24. The quantitative estimate of drug-likeness (QED) is 0.885. The lowest BCUT2D eigenvalue weighted by molar-refractivity contribution is 0.582. The summed E-state index contributed by atoms with van der Waals surface area (Å²) < 4.78 is 26.8. The molecule has 0 spiro atoms. The number of sulfonamides is 1. The fraction of sp³-hybridized carbons (Fsp3) is 0.222. The highest BCUT2D eigenvalue weighted by Crippen LogP contribution is 2.33. The molecular weight excluding hydrogens is 317 g/mol. The maximum absolute atomic E-state index is 11.9. The summed E-state index contributed by atoms with van der Waals surface area (Å²) in [6.45, 7) is 0.258.